The highest BCUT2D eigenvalue weighted by Crippen LogP contribution is 2.07. The van der Waals surface area contributed by atoms with E-state index in [2.05, 4.69) is 15.0 Å². The average Bonchev–Trinajstić information content (AvgIpc) is 2.37. The molecule has 0 saturated heterocycles. The van der Waals surface area contributed by atoms with Gasteiger partial charge in [-0.05, 0) is 19.1 Å². The second kappa shape index (κ2) is 6.43. The van der Waals surface area contributed by atoms with Crippen LogP contribution < -0.4 is 15.8 Å². The van der Waals surface area contributed by atoms with Crippen LogP contribution in [0, 0.1) is 0 Å². The molecule has 1 heterocycles. The highest BCUT2D eigenvalue weighted by atomic mass is 32.2. The molecule has 0 unspecified atom stereocenters. The van der Waals surface area contributed by atoms with Crippen LogP contribution in [0.25, 0.3) is 0 Å². The molecule has 0 saturated carbocycles. The van der Waals surface area contributed by atoms with E-state index in [4.69, 9.17) is 5.73 Å². The molecule has 18 heavy (non-hydrogen) atoms. The van der Waals surface area contributed by atoms with E-state index in [9.17, 15) is 13.2 Å². The number of nitrogens with zero attached hydrogens (tertiary/aromatic N) is 1. The van der Waals surface area contributed by atoms with Crippen molar-refractivity contribution >= 4 is 15.9 Å². The summed E-state index contributed by atoms with van der Waals surface area (Å²) in [7, 11) is -3.71. The number of hydrogen-bond donors (Lipinski definition) is 3. The maximum atomic E-state index is 11.8. The van der Waals surface area contributed by atoms with E-state index in [1.54, 1.807) is 6.92 Å². The van der Waals surface area contributed by atoms with Gasteiger partial charge in [0.15, 0.2) is 0 Å². The third-order valence-corrected chi connectivity index (χ3v) is 3.50. The molecule has 0 spiro atoms. The van der Waals surface area contributed by atoms with Crippen molar-refractivity contribution in [2.45, 2.75) is 18.4 Å². The zero-order chi connectivity index (χ0) is 13.6. The van der Waals surface area contributed by atoms with Gasteiger partial charge in [-0.15, -0.1) is 0 Å². The molecule has 1 aromatic rings. The van der Waals surface area contributed by atoms with Crippen LogP contribution in [0.4, 0.5) is 0 Å². The Morgan fingerprint density at radius 3 is 2.67 bits per heavy atom. The third-order valence-electron chi connectivity index (χ3n) is 2.11. The molecular weight excluding hydrogens is 256 g/mol. The highest BCUT2D eigenvalue weighted by Gasteiger charge is 2.15. The Balaban J connectivity index is 2.70. The normalized spacial score (nSPS) is 11.2. The topological polar surface area (TPSA) is 114 Å². The Morgan fingerprint density at radius 2 is 2.17 bits per heavy atom. The highest BCUT2D eigenvalue weighted by molar-refractivity contribution is 7.89. The Bertz CT molecular complexity index is 498. The molecule has 0 aliphatic heterocycles. The molecular formula is C10H16N4O3S. The molecule has 0 atom stereocenters. The Morgan fingerprint density at radius 1 is 1.44 bits per heavy atom. The van der Waals surface area contributed by atoms with Crippen molar-refractivity contribution in [1.82, 2.24) is 15.0 Å². The van der Waals surface area contributed by atoms with Gasteiger partial charge in [0.2, 0.25) is 15.9 Å². The number of nitrogens with one attached hydrogen (secondary N) is 2. The molecule has 100 valence electrons. The lowest BCUT2D eigenvalue weighted by Crippen LogP contribution is -2.36. The van der Waals surface area contributed by atoms with Crippen molar-refractivity contribution in [2.24, 2.45) is 5.73 Å². The summed E-state index contributed by atoms with van der Waals surface area (Å²) in [5.74, 6) is -0.382. The molecule has 1 amide bonds. The second-order valence-electron chi connectivity index (χ2n) is 3.47. The molecule has 0 aromatic carbocycles. The van der Waals surface area contributed by atoms with Crippen molar-refractivity contribution in [1.29, 1.82) is 0 Å². The first-order chi connectivity index (χ1) is 8.49. The number of rotatable bonds is 6. The first kappa shape index (κ1) is 14.6. The maximum absolute atomic E-state index is 11.8. The summed E-state index contributed by atoms with van der Waals surface area (Å²) < 4.78 is 25.7. The minimum Gasteiger partial charge on any atom is -0.355 e. The van der Waals surface area contributed by atoms with Gasteiger partial charge in [-0.3, -0.25) is 9.78 Å². The van der Waals surface area contributed by atoms with E-state index in [1.807, 2.05) is 0 Å². The molecule has 0 radical (unpaired) electrons. The van der Waals surface area contributed by atoms with Gasteiger partial charge >= 0.3 is 0 Å². The zero-order valence-electron chi connectivity index (χ0n) is 10.0. The van der Waals surface area contributed by atoms with Gasteiger partial charge < -0.3 is 11.1 Å². The van der Waals surface area contributed by atoms with E-state index in [-0.39, 0.29) is 23.9 Å². The van der Waals surface area contributed by atoms with Crippen molar-refractivity contribution in [3.8, 4) is 0 Å². The summed E-state index contributed by atoms with van der Waals surface area (Å²) in [5, 5.41) is 2.49. The van der Waals surface area contributed by atoms with Crippen molar-refractivity contribution in [3.63, 3.8) is 0 Å². The lowest BCUT2D eigenvalue weighted by molar-refractivity contribution is -0.119. The van der Waals surface area contributed by atoms with Crippen molar-refractivity contribution in [2.75, 3.05) is 13.1 Å². The van der Waals surface area contributed by atoms with Crippen LogP contribution in [0.2, 0.25) is 0 Å². The predicted octanol–water partition coefficient (Wildman–Crippen LogP) is -1.05. The van der Waals surface area contributed by atoms with Gasteiger partial charge in [-0.25, -0.2) is 13.1 Å². The van der Waals surface area contributed by atoms with Crippen LogP contribution in [-0.4, -0.2) is 32.4 Å². The number of amides is 1. The number of carbonyl (C=O) groups excluding carboxylic acids is 1. The Hall–Kier alpha value is -1.51. The van der Waals surface area contributed by atoms with Crippen LogP contribution in [0.15, 0.2) is 23.2 Å². The summed E-state index contributed by atoms with van der Waals surface area (Å²) in [6.07, 6.45) is 1.21. The number of nitrogens with two attached hydrogens (primary N) is 1. The summed E-state index contributed by atoms with van der Waals surface area (Å²) >= 11 is 0. The lowest BCUT2D eigenvalue weighted by atomic mass is 10.4. The van der Waals surface area contributed by atoms with E-state index < -0.39 is 10.0 Å². The smallest absolute Gasteiger partial charge is 0.242 e. The summed E-state index contributed by atoms with van der Waals surface area (Å²) in [6, 6.07) is 2.93. The fourth-order valence-corrected chi connectivity index (χ4v) is 2.12. The number of aromatic nitrogens is 1. The summed E-state index contributed by atoms with van der Waals surface area (Å²) in [4.78, 5) is 15.0. The lowest BCUT2D eigenvalue weighted by Gasteiger charge is -2.06. The first-order valence-electron chi connectivity index (χ1n) is 5.41. The minimum atomic E-state index is -3.71. The largest absolute Gasteiger partial charge is 0.355 e. The quantitative estimate of drug-likeness (QED) is 0.611. The third kappa shape index (κ3) is 4.06. The molecule has 7 nitrogen and oxygen atoms in total. The number of pyridine rings is 1. The van der Waals surface area contributed by atoms with Gasteiger partial charge in [0.05, 0.1) is 12.2 Å². The monoisotopic (exact) mass is 272 g/mol. The number of likely N-dealkylation sites (N-methyl/N-ethyl adjacent to an activating group) is 1. The number of hydrogen-bond acceptors (Lipinski definition) is 5. The van der Waals surface area contributed by atoms with Gasteiger partial charge in [0.1, 0.15) is 4.90 Å². The Labute approximate surface area is 106 Å². The van der Waals surface area contributed by atoms with Gasteiger partial charge in [-0.2, -0.15) is 0 Å². The Kier molecular flexibility index (Phi) is 5.20. The van der Waals surface area contributed by atoms with Gasteiger partial charge in [-0.1, -0.05) is 0 Å². The van der Waals surface area contributed by atoms with E-state index >= 15 is 0 Å². The molecule has 8 heteroatoms. The summed E-state index contributed by atoms with van der Waals surface area (Å²) in [5.41, 5.74) is 5.96. The van der Waals surface area contributed by atoms with Crippen LogP contribution in [0.1, 0.15) is 12.6 Å². The van der Waals surface area contributed by atoms with Crippen molar-refractivity contribution < 1.29 is 13.2 Å². The molecule has 4 N–H and O–H groups in total. The molecule has 0 bridgehead atoms. The first-order valence-corrected chi connectivity index (χ1v) is 6.89. The molecule has 0 aliphatic rings. The average molecular weight is 272 g/mol. The zero-order valence-corrected chi connectivity index (χ0v) is 10.8. The molecule has 0 fully saturated rings. The number of sulfonamides is 1. The number of carbonyl (C=O) groups is 1. The van der Waals surface area contributed by atoms with Crippen LogP contribution in [0.5, 0.6) is 0 Å². The summed E-state index contributed by atoms with van der Waals surface area (Å²) in [6.45, 7) is 2.15. The van der Waals surface area contributed by atoms with Crippen LogP contribution in [-0.2, 0) is 21.4 Å². The van der Waals surface area contributed by atoms with Crippen LogP contribution in [0.3, 0.4) is 0 Å². The fourth-order valence-electron chi connectivity index (χ4n) is 1.19. The minimum absolute atomic E-state index is 0.00370. The maximum Gasteiger partial charge on any atom is 0.242 e. The fraction of sp³-hybridized carbons (Fsp3) is 0.400. The predicted molar refractivity (Wildman–Crippen MR) is 66.0 cm³/mol. The van der Waals surface area contributed by atoms with Gasteiger partial charge in [0.25, 0.3) is 0 Å². The standard InChI is InChI=1S/C10H16N4O3S/c1-2-12-10(15)7-14-18(16,17)9-4-3-8(5-11)13-6-9/h3-4,6,14H,2,5,7,11H2,1H3,(H,12,15). The van der Waals surface area contributed by atoms with E-state index in [1.165, 1.54) is 18.3 Å². The van der Waals surface area contributed by atoms with Crippen molar-refractivity contribution in [3.05, 3.63) is 24.0 Å². The van der Waals surface area contributed by atoms with Crippen LogP contribution >= 0.6 is 0 Å². The molecule has 1 aromatic heterocycles. The molecule has 1 rings (SSSR count). The molecule has 0 aliphatic carbocycles. The van der Waals surface area contributed by atoms with E-state index in [0.717, 1.165) is 0 Å². The SMILES string of the molecule is CCNC(=O)CNS(=O)(=O)c1ccc(CN)nc1. The van der Waals surface area contributed by atoms with Gasteiger partial charge in [0, 0.05) is 19.3 Å². The second-order valence-corrected chi connectivity index (χ2v) is 5.23. The van der Waals surface area contributed by atoms with E-state index in [0.29, 0.717) is 12.2 Å².